The third-order valence-electron chi connectivity index (χ3n) is 5.50. The van der Waals surface area contributed by atoms with E-state index < -0.39 is 0 Å². The van der Waals surface area contributed by atoms with Crippen molar-refractivity contribution in [1.82, 2.24) is 24.6 Å². The van der Waals surface area contributed by atoms with Crippen molar-refractivity contribution in [3.63, 3.8) is 0 Å². The zero-order valence-corrected chi connectivity index (χ0v) is 17.9. The summed E-state index contributed by atoms with van der Waals surface area (Å²) in [6.45, 7) is 10.6. The predicted octanol–water partition coefficient (Wildman–Crippen LogP) is 3.13. The molecule has 0 radical (unpaired) electrons. The molecule has 1 saturated heterocycles. The molecular formula is C22H27FN6O. The van der Waals surface area contributed by atoms with Crippen molar-refractivity contribution in [2.45, 2.75) is 34.1 Å². The SMILES string of the molecule is CCc1nc(N2CCN(C(=O)C(C)C)CC2)c2c(C)nn(-c3ccc(F)cc3)c2n1. The Morgan fingerprint density at radius 2 is 1.77 bits per heavy atom. The summed E-state index contributed by atoms with van der Waals surface area (Å²) in [7, 11) is 0. The van der Waals surface area contributed by atoms with E-state index in [4.69, 9.17) is 9.97 Å². The highest BCUT2D eigenvalue weighted by Gasteiger charge is 2.27. The second-order valence-electron chi connectivity index (χ2n) is 7.96. The van der Waals surface area contributed by atoms with E-state index in [-0.39, 0.29) is 17.6 Å². The monoisotopic (exact) mass is 410 g/mol. The smallest absolute Gasteiger partial charge is 0.225 e. The minimum atomic E-state index is -0.287. The summed E-state index contributed by atoms with van der Waals surface area (Å²) in [5.41, 5.74) is 2.31. The van der Waals surface area contributed by atoms with Crippen LogP contribution in [0.3, 0.4) is 0 Å². The number of amides is 1. The van der Waals surface area contributed by atoms with Gasteiger partial charge in [-0.2, -0.15) is 5.10 Å². The first-order valence-electron chi connectivity index (χ1n) is 10.4. The maximum absolute atomic E-state index is 13.4. The van der Waals surface area contributed by atoms with Gasteiger partial charge in [0.2, 0.25) is 5.91 Å². The lowest BCUT2D eigenvalue weighted by molar-refractivity contribution is -0.134. The Balaban J connectivity index is 1.74. The van der Waals surface area contributed by atoms with Crippen LogP contribution in [0.15, 0.2) is 24.3 Å². The number of fused-ring (bicyclic) bond motifs is 1. The van der Waals surface area contributed by atoms with Gasteiger partial charge in [0.05, 0.1) is 16.8 Å². The van der Waals surface area contributed by atoms with E-state index in [1.807, 2.05) is 32.6 Å². The van der Waals surface area contributed by atoms with Crippen LogP contribution in [0.5, 0.6) is 0 Å². The Morgan fingerprint density at radius 1 is 1.10 bits per heavy atom. The van der Waals surface area contributed by atoms with Crippen LogP contribution in [-0.2, 0) is 11.2 Å². The number of hydrogen-bond acceptors (Lipinski definition) is 5. The van der Waals surface area contributed by atoms with Crippen LogP contribution >= 0.6 is 0 Å². The number of carbonyl (C=O) groups is 1. The first-order valence-corrected chi connectivity index (χ1v) is 10.4. The van der Waals surface area contributed by atoms with E-state index >= 15 is 0 Å². The summed E-state index contributed by atoms with van der Waals surface area (Å²) in [6.07, 6.45) is 0.697. The van der Waals surface area contributed by atoms with Gasteiger partial charge in [-0.1, -0.05) is 20.8 Å². The summed E-state index contributed by atoms with van der Waals surface area (Å²) < 4.78 is 15.2. The Kier molecular flexibility index (Phi) is 5.40. The van der Waals surface area contributed by atoms with Crippen LogP contribution in [0.4, 0.5) is 10.2 Å². The number of aromatic nitrogens is 4. The largest absolute Gasteiger partial charge is 0.352 e. The van der Waals surface area contributed by atoms with Gasteiger partial charge >= 0.3 is 0 Å². The molecule has 0 N–H and O–H groups in total. The van der Waals surface area contributed by atoms with E-state index in [1.165, 1.54) is 12.1 Å². The molecule has 158 valence electrons. The van der Waals surface area contributed by atoms with Crippen LogP contribution < -0.4 is 4.90 Å². The first-order chi connectivity index (χ1) is 14.4. The summed E-state index contributed by atoms with van der Waals surface area (Å²) in [5, 5.41) is 5.59. The molecule has 1 amide bonds. The molecule has 1 aliphatic heterocycles. The lowest BCUT2D eigenvalue weighted by Gasteiger charge is -2.36. The topological polar surface area (TPSA) is 67.2 Å². The Hall–Kier alpha value is -3.03. The lowest BCUT2D eigenvalue weighted by Crippen LogP contribution is -2.50. The normalized spacial score (nSPS) is 14.7. The number of aryl methyl sites for hydroxylation is 2. The van der Waals surface area contributed by atoms with Gasteiger partial charge in [0.15, 0.2) is 5.65 Å². The molecule has 0 spiro atoms. The molecule has 3 heterocycles. The van der Waals surface area contributed by atoms with Crippen LogP contribution in [-0.4, -0.2) is 56.7 Å². The zero-order chi connectivity index (χ0) is 21.4. The van der Waals surface area contributed by atoms with Gasteiger partial charge < -0.3 is 9.80 Å². The fourth-order valence-corrected chi connectivity index (χ4v) is 3.86. The molecule has 0 aliphatic carbocycles. The van der Waals surface area contributed by atoms with Gasteiger partial charge in [-0.25, -0.2) is 19.0 Å². The van der Waals surface area contributed by atoms with Crippen LogP contribution in [0.1, 0.15) is 32.3 Å². The van der Waals surface area contributed by atoms with Gasteiger partial charge in [-0.3, -0.25) is 4.79 Å². The lowest BCUT2D eigenvalue weighted by atomic mass is 10.1. The molecule has 4 rings (SSSR count). The quantitative estimate of drug-likeness (QED) is 0.661. The van der Waals surface area contributed by atoms with Crippen LogP contribution in [0.25, 0.3) is 16.7 Å². The Labute approximate surface area is 175 Å². The highest BCUT2D eigenvalue weighted by atomic mass is 19.1. The molecule has 1 fully saturated rings. The second-order valence-corrected chi connectivity index (χ2v) is 7.96. The molecule has 7 nitrogen and oxygen atoms in total. The number of anilines is 1. The summed E-state index contributed by atoms with van der Waals surface area (Å²) in [5.74, 6) is 1.51. The molecule has 3 aromatic rings. The number of nitrogens with zero attached hydrogens (tertiary/aromatic N) is 6. The maximum Gasteiger partial charge on any atom is 0.225 e. The molecule has 2 aromatic heterocycles. The molecule has 8 heteroatoms. The number of halogens is 1. The van der Waals surface area contributed by atoms with Crippen LogP contribution in [0, 0.1) is 18.7 Å². The third kappa shape index (κ3) is 3.62. The highest BCUT2D eigenvalue weighted by Crippen LogP contribution is 2.30. The van der Waals surface area contributed by atoms with Crippen molar-refractivity contribution in [1.29, 1.82) is 0 Å². The van der Waals surface area contributed by atoms with Crippen molar-refractivity contribution in [2.24, 2.45) is 5.92 Å². The van der Waals surface area contributed by atoms with Crippen molar-refractivity contribution in [3.8, 4) is 5.69 Å². The van der Waals surface area contributed by atoms with E-state index in [0.29, 0.717) is 19.5 Å². The Morgan fingerprint density at radius 3 is 2.37 bits per heavy atom. The standard InChI is InChI=1S/C22H27FN6O/c1-5-18-24-20(27-10-12-28(13-11-27)22(30)14(2)3)19-15(4)26-29(21(19)25-18)17-8-6-16(23)7-9-17/h6-9,14H,5,10-13H2,1-4H3. The average molecular weight is 410 g/mol. The first kappa shape index (κ1) is 20.3. The molecular weight excluding hydrogens is 383 g/mol. The van der Waals surface area contributed by atoms with E-state index in [1.54, 1.807) is 16.8 Å². The van der Waals surface area contributed by atoms with E-state index in [9.17, 15) is 9.18 Å². The molecule has 1 aromatic carbocycles. The van der Waals surface area contributed by atoms with Gasteiger partial charge in [0.1, 0.15) is 17.5 Å². The van der Waals surface area contributed by atoms with Gasteiger partial charge in [0.25, 0.3) is 0 Å². The molecule has 0 atom stereocenters. The summed E-state index contributed by atoms with van der Waals surface area (Å²) in [6, 6.07) is 6.24. The Bertz CT molecular complexity index is 1070. The molecule has 0 bridgehead atoms. The highest BCUT2D eigenvalue weighted by molar-refractivity contribution is 5.91. The van der Waals surface area contributed by atoms with Crippen molar-refractivity contribution < 1.29 is 9.18 Å². The number of piperazine rings is 1. The molecule has 0 saturated carbocycles. The fraction of sp³-hybridized carbons (Fsp3) is 0.455. The van der Waals surface area contributed by atoms with E-state index in [2.05, 4.69) is 10.00 Å². The van der Waals surface area contributed by atoms with Crippen LogP contribution in [0.2, 0.25) is 0 Å². The molecule has 1 aliphatic rings. The van der Waals surface area contributed by atoms with Gasteiger partial charge in [0, 0.05) is 38.5 Å². The third-order valence-corrected chi connectivity index (χ3v) is 5.50. The predicted molar refractivity (Wildman–Crippen MR) is 114 cm³/mol. The molecule has 0 unspecified atom stereocenters. The zero-order valence-electron chi connectivity index (χ0n) is 17.9. The second kappa shape index (κ2) is 8.01. The number of rotatable bonds is 4. The van der Waals surface area contributed by atoms with Gasteiger partial charge in [-0.05, 0) is 31.2 Å². The van der Waals surface area contributed by atoms with Crippen molar-refractivity contribution in [2.75, 3.05) is 31.1 Å². The molecule has 30 heavy (non-hydrogen) atoms. The summed E-state index contributed by atoms with van der Waals surface area (Å²) in [4.78, 5) is 26.0. The average Bonchev–Trinajstić information content (AvgIpc) is 3.09. The van der Waals surface area contributed by atoms with Crippen molar-refractivity contribution >= 4 is 22.8 Å². The van der Waals surface area contributed by atoms with Crippen molar-refractivity contribution in [3.05, 3.63) is 41.6 Å². The minimum absolute atomic E-state index is 0.00480. The number of carbonyl (C=O) groups excluding carboxylic acids is 1. The number of benzene rings is 1. The minimum Gasteiger partial charge on any atom is -0.352 e. The maximum atomic E-state index is 13.4. The fourth-order valence-electron chi connectivity index (χ4n) is 3.86. The number of hydrogen-bond donors (Lipinski definition) is 0. The van der Waals surface area contributed by atoms with Gasteiger partial charge in [-0.15, -0.1) is 0 Å². The van der Waals surface area contributed by atoms with E-state index in [0.717, 1.165) is 47.1 Å². The summed E-state index contributed by atoms with van der Waals surface area (Å²) >= 11 is 0.